The number of anilines is 1. The number of carbonyl (C=O) groups is 1. The summed E-state index contributed by atoms with van der Waals surface area (Å²) >= 11 is 0. The molecular weight excluding hydrogens is 352 g/mol. The Bertz CT molecular complexity index is 791. The molecule has 0 bridgehead atoms. The van der Waals surface area contributed by atoms with Crippen LogP contribution in [0.5, 0.6) is 11.5 Å². The predicted octanol–water partition coefficient (Wildman–Crippen LogP) is 3.81. The lowest BCUT2D eigenvalue weighted by Gasteiger charge is -2.35. The number of carbonyl (C=O) groups excluding carboxylic acids is 1. The molecule has 0 aliphatic carbocycles. The first-order chi connectivity index (χ1) is 13.5. The summed E-state index contributed by atoms with van der Waals surface area (Å²) < 4.78 is 11.2. The fourth-order valence-electron chi connectivity index (χ4n) is 3.67. The van der Waals surface area contributed by atoms with Gasteiger partial charge in [-0.2, -0.15) is 0 Å². The minimum Gasteiger partial charge on any atom is -0.495 e. The van der Waals surface area contributed by atoms with E-state index in [0.29, 0.717) is 6.42 Å². The van der Waals surface area contributed by atoms with Crippen LogP contribution in [0.2, 0.25) is 0 Å². The maximum atomic E-state index is 12.6. The predicted molar refractivity (Wildman–Crippen MR) is 112 cm³/mol. The summed E-state index contributed by atoms with van der Waals surface area (Å²) in [6.45, 7) is 5.76. The number of ether oxygens (including phenoxy) is 2. The Hall–Kier alpha value is -2.69. The van der Waals surface area contributed by atoms with Gasteiger partial charge in [0.25, 0.3) is 0 Å². The summed E-state index contributed by atoms with van der Waals surface area (Å²) in [5, 5.41) is 3.20. The van der Waals surface area contributed by atoms with Gasteiger partial charge in [0.05, 0.1) is 25.3 Å². The number of hydrogen-bond donors (Lipinski definition) is 1. The summed E-state index contributed by atoms with van der Waals surface area (Å²) in [5.74, 6) is 1.73. The third kappa shape index (κ3) is 5.41. The average molecular weight is 383 g/mol. The zero-order chi connectivity index (χ0) is 19.9. The highest BCUT2D eigenvalue weighted by molar-refractivity contribution is 5.79. The monoisotopic (exact) mass is 382 g/mol. The molecule has 3 rings (SSSR count). The molecule has 1 atom stereocenters. The number of nitrogens with one attached hydrogen (secondary N) is 1. The zero-order valence-corrected chi connectivity index (χ0v) is 17.0. The summed E-state index contributed by atoms with van der Waals surface area (Å²) in [6, 6.07) is 16.0. The van der Waals surface area contributed by atoms with Gasteiger partial charge < -0.3 is 19.7 Å². The van der Waals surface area contributed by atoms with Crippen molar-refractivity contribution >= 4 is 11.6 Å². The SMILES string of the molecule is COc1ccccc1N1CCCC(NC(=O)Cc2cccc(OC(C)C)c2)C1. The molecule has 5 heteroatoms. The van der Waals surface area contributed by atoms with Crippen LogP contribution in [0.1, 0.15) is 32.3 Å². The Kier molecular flexibility index (Phi) is 6.80. The van der Waals surface area contributed by atoms with Gasteiger partial charge in [-0.15, -0.1) is 0 Å². The van der Waals surface area contributed by atoms with Crippen molar-refractivity contribution < 1.29 is 14.3 Å². The highest BCUT2D eigenvalue weighted by Gasteiger charge is 2.23. The number of nitrogens with zero attached hydrogens (tertiary/aromatic N) is 1. The van der Waals surface area contributed by atoms with Gasteiger partial charge in [-0.3, -0.25) is 4.79 Å². The molecule has 150 valence electrons. The zero-order valence-electron chi connectivity index (χ0n) is 17.0. The lowest BCUT2D eigenvalue weighted by Crippen LogP contribution is -2.48. The second-order valence-electron chi connectivity index (χ2n) is 7.52. The molecule has 0 radical (unpaired) electrons. The number of hydrogen-bond acceptors (Lipinski definition) is 4. The molecule has 1 heterocycles. The molecule has 1 amide bonds. The lowest BCUT2D eigenvalue weighted by molar-refractivity contribution is -0.121. The number of piperidine rings is 1. The van der Waals surface area contributed by atoms with Gasteiger partial charge in [-0.1, -0.05) is 24.3 Å². The van der Waals surface area contributed by atoms with Gasteiger partial charge in [0.15, 0.2) is 0 Å². The van der Waals surface area contributed by atoms with Crippen LogP contribution in [-0.2, 0) is 11.2 Å². The maximum absolute atomic E-state index is 12.6. The summed E-state index contributed by atoms with van der Waals surface area (Å²) in [4.78, 5) is 14.9. The fraction of sp³-hybridized carbons (Fsp3) is 0.435. The smallest absolute Gasteiger partial charge is 0.224 e. The molecular formula is C23H30N2O3. The van der Waals surface area contributed by atoms with E-state index < -0.39 is 0 Å². The second-order valence-corrected chi connectivity index (χ2v) is 7.52. The first-order valence-electron chi connectivity index (χ1n) is 9.98. The van der Waals surface area contributed by atoms with Crippen molar-refractivity contribution in [2.24, 2.45) is 0 Å². The second kappa shape index (κ2) is 9.49. The minimum absolute atomic E-state index is 0.0496. The Morgan fingerprint density at radius 2 is 2.04 bits per heavy atom. The van der Waals surface area contributed by atoms with Gasteiger partial charge in [-0.25, -0.2) is 0 Å². The van der Waals surface area contributed by atoms with Crippen LogP contribution in [0.3, 0.4) is 0 Å². The quantitative estimate of drug-likeness (QED) is 0.791. The molecule has 0 saturated carbocycles. The standard InChI is InChI=1S/C23H30N2O3/c1-17(2)28-20-10-6-8-18(14-20)15-23(26)24-19-9-7-13-25(16-19)21-11-4-5-12-22(21)27-3/h4-6,8,10-12,14,17,19H,7,9,13,15-16H2,1-3H3,(H,24,26). The van der Waals surface area contributed by atoms with E-state index in [9.17, 15) is 4.79 Å². The van der Waals surface area contributed by atoms with Crippen LogP contribution in [0.15, 0.2) is 48.5 Å². The fourth-order valence-corrected chi connectivity index (χ4v) is 3.67. The van der Waals surface area contributed by atoms with Crippen LogP contribution in [0.4, 0.5) is 5.69 Å². The van der Waals surface area contributed by atoms with E-state index in [-0.39, 0.29) is 18.1 Å². The van der Waals surface area contributed by atoms with Crippen LogP contribution in [0, 0.1) is 0 Å². The molecule has 0 aromatic heterocycles. The Balaban J connectivity index is 1.58. The van der Waals surface area contributed by atoms with Gasteiger partial charge in [0.1, 0.15) is 11.5 Å². The van der Waals surface area contributed by atoms with Crippen LogP contribution in [0.25, 0.3) is 0 Å². The van der Waals surface area contributed by atoms with Gasteiger partial charge in [0.2, 0.25) is 5.91 Å². The Morgan fingerprint density at radius 3 is 2.82 bits per heavy atom. The molecule has 1 saturated heterocycles. The van der Waals surface area contributed by atoms with Crippen molar-refractivity contribution in [2.75, 3.05) is 25.1 Å². The van der Waals surface area contributed by atoms with Crippen LogP contribution in [-0.4, -0.2) is 38.3 Å². The summed E-state index contributed by atoms with van der Waals surface area (Å²) in [6.07, 6.45) is 2.52. The van der Waals surface area contributed by atoms with E-state index in [1.54, 1.807) is 7.11 Å². The molecule has 28 heavy (non-hydrogen) atoms. The van der Waals surface area contributed by atoms with Crippen LogP contribution >= 0.6 is 0 Å². The van der Waals surface area contributed by atoms with Crippen molar-refractivity contribution in [3.05, 3.63) is 54.1 Å². The molecule has 1 fully saturated rings. The molecule has 2 aromatic carbocycles. The van der Waals surface area contributed by atoms with E-state index in [0.717, 1.165) is 48.7 Å². The molecule has 0 spiro atoms. The Labute approximate surface area is 167 Å². The number of benzene rings is 2. The van der Waals surface area contributed by atoms with Crippen molar-refractivity contribution in [1.82, 2.24) is 5.32 Å². The summed E-state index contributed by atoms with van der Waals surface area (Å²) in [5.41, 5.74) is 2.05. The normalized spacial score (nSPS) is 16.7. The number of methoxy groups -OCH3 is 1. The number of amides is 1. The molecule has 5 nitrogen and oxygen atoms in total. The van der Waals surface area contributed by atoms with Crippen molar-refractivity contribution in [2.45, 2.75) is 45.3 Å². The van der Waals surface area contributed by atoms with E-state index in [1.165, 1.54) is 0 Å². The summed E-state index contributed by atoms with van der Waals surface area (Å²) in [7, 11) is 1.69. The molecule has 1 unspecified atom stereocenters. The lowest BCUT2D eigenvalue weighted by atomic mass is 10.0. The first kappa shape index (κ1) is 20.1. The largest absolute Gasteiger partial charge is 0.495 e. The van der Waals surface area contributed by atoms with Crippen molar-refractivity contribution in [3.8, 4) is 11.5 Å². The maximum Gasteiger partial charge on any atom is 0.224 e. The Morgan fingerprint density at radius 1 is 1.21 bits per heavy atom. The number of rotatable bonds is 7. The third-order valence-electron chi connectivity index (χ3n) is 4.85. The topological polar surface area (TPSA) is 50.8 Å². The molecule has 1 aliphatic heterocycles. The minimum atomic E-state index is 0.0496. The third-order valence-corrected chi connectivity index (χ3v) is 4.85. The van der Waals surface area contributed by atoms with E-state index in [4.69, 9.17) is 9.47 Å². The first-order valence-corrected chi connectivity index (χ1v) is 9.98. The van der Waals surface area contributed by atoms with Crippen LogP contribution < -0.4 is 19.7 Å². The highest BCUT2D eigenvalue weighted by atomic mass is 16.5. The van der Waals surface area contributed by atoms with E-state index in [1.807, 2.05) is 56.3 Å². The van der Waals surface area contributed by atoms with E-state index in [2.05, 4.69) is 16.3 Å². The van der Waals surface area contributed by atoms with Crippen molar-refractivity contribution in [1.29, 1.82) is 0 Å². The van der Waals surface area contributed by atoms with Gasteiger partial charge in [-0.05, 0) is 56.5 Å². The molecule has 1 aliphatic rings. The van der Waals surface area contributed by atoms with Crippen molar-refractivity contribution in [3.63, 3.8) is 0 Å². The number of para-hydroxylation sites is 2. The van der Waals surface area contributed by atoms with Gasteiger partial charge in [0, 0.05) is 19.1 Å². The van der Waals surface area contributed by atoms with E-state index >= 15 is 0 Å². The molecule has 1 N–H and O–H groups in total. The van der Waals surface area contributed by atoms with Gasteiger partial charge >= 0.3 is 0 Å². The highest BCUT2D eigenvalue weighted by Crippen LogP contribution is 2.29. The average Bonchev–Trinajstić information content (AvgIpc) is 2.68. The molecule has 2 aromatic rings.